The van der Waals surface area contributed by atoms with E-state index in [1.165, 1.54) is 0 Å². The van der Waals surface area contributed by atoms with E-state index in [1.54, 1.807) is 17.1 Å². The lowest BCUT2D eigenvalue weighted by molar-refractivity contribution is -0.154. The molecule has 0 bridgehead atoms. The van der Waals surface area contributed by atoms with Crippen LogP contribution in [0.15, 0.2) is 12.4 Å². The number of carboxylic acid groups (broad SMARTS) is 1. The lowest BCUT2D eigenvalue weighted by atomic mass is 9.80. The van der Waals surface area contributed by atoms with E-state index in [2.05, 4.69) is 15.7 Å². The molecule has 0 saturated carbocycles. The number of anilines is 1. The molecular formula is C13H20N4O4. The summed E-state index contributed by atoms with van der Waals surface area (Å²) >= 11 is 0. The van der Waals surface area contributed by atoms with Crippen molar-refractivity contribution >= 4 is 17.7 Å². The van der Waals surface area contributed by atoms with Crippen molar-refractivity contribution in [2.45, 2.75) is 26.3 Å². The first-order valence-electron chi connectivity index (χ1n) is 6.94. The van der Waals surface area contributed by atoms with Gasteiger partial charge in [0.05, 0.1) is 17.3 Å². The highest BCUT2D eigenvalue weighted by molar-refractivity contribution is 5.89. The Morgan fingerprint density at radius 3 is 2.76 bits per heavy atom. The van der Waals surface area contributed by atoms with Crippen LogP contribution in [0.5, 0.6) is 0 Å². The summed E-state index contributed by atoms with van der Waals surface area (Å²) in [7, 11) is 0. The van der Waals surface area contributed by atoms with Crippen LogP contribution < -0.4 is 10.6 Å². The normalized spacial score (nSPS) is 17.2. The molecule has 2 heterocycles. The summed E-state index contributed by atoms with van der Waals surface area (Å²) in [6.07, 6.45) is 4.05. The van der Waals surface area contributed by atoms with Crippen LogP contribution in [0.4, 0.5) is 10.5 Å². The van der Waals surface area contributed by atoms with Gasteiger partial charge >= 0.3 is 12.0 Å². The smallest absolute Gasteiger partial charge is 0.319 e. The van der Waals surface area contributed by atoms with Gasteiger partial charge in [-0.2, -0.15) is 5.10 Å². The first-order chi connectivity index (χ1) is 10.1. The zero-order chi connectivity index (χ0) is 15.3. The minimum absolute atomic E-state index is 0.0828. The van der Waals surface area contributed by atoms with Crippen LogP contribution in [0.25, 0.3) is 0 Å². The Hall–Kier alpha value is -2.09. The van der Waals surface area contributed by atoms with Gasteiger partial charge in [0.2, 0.25) is 0 Å². The lowest BCUT2D eigenvalue weighted by Crippen LogP contribution is -2.47. The molecule has 1 aromatic heterocycles. The molecule has 8 heteroatoms. The number of nitrogens with one attached hydrogen (secondary N) is 2. The van der Waals surface area contributed by atoms with Crippen molar-refractivity contribution in [3.05, 3.63) is 12.4 Å². The van der Waals surface area contributed by atoms with Crippen LogP contribution in [0.1, 0.15) is 19.8 Å². The molecule has 1 aromatic rings. The van der Waals surface area contributed by atoms with Gasteiger partial charge in [0.15, 0.2) is 0 Å². The Bertz CT molecular complexity index is 508. The molecule has 0 spiro atoms. The average Bonchev–Trinajstić information content (AvgIpc) is 2.93. The van der Waals surface area contributed by atoms with Crippen molar-refractivity contribution in [3.8, 4) is 0 Å². The van der Waals surface area contributed by atoms with Crippen molar-refractivity contribution in [3.63, 3.8) is 0 Å². The number of aromatic nitrogens is 2. The number of urea groups is 1. The van der Waals surface area contributed by atoms with Gasteiger partial charge in [0.25, 0.3) is 0 Å². The number of carboxylic acids is 1. The molecule has 0 radical (unpaired) electrons. The number of rotatable bonds is 5. The molecule has 3 N–H and O–H groups in total. The Morgan fingerprint density at radius 1 is 1.48 bits per heavy atom. The predicted octanol–water partition coefficient (Wildman–Crippen LogP) is 0.906. The second-order valence-electron chi connectivity index (χ2n) is 5.09. The molecule has 0 aliphatic carbocycles. The van der Waals surface area contributed by atoms with Crippen molar-refractivity contribution in [2.75, 3.05) is 25.1 Å². The molecule has 0 unspecified atom stereocenters. The SMILES string of the molecule is CCn1cc(NC(=O)NCC2(C(=O)O)CCOCC2)cn1. The fourth-order valence-electron chi connectivity index (χ4n) is 2.25. The van der Waals surface area contributed by atoms with E-state index in [0.717, 1.165) is 0 Å². The van der Waals surface area contributed by atoms with Crippen LogP contribution in [-0.2, 0) is 16.1 Å². The molecule has 8 nitrogen and oxygen atoms in total. The van der Waals surface area contributed by atoms with Gasteiger partial charge in [-0.1, -0.05) is 0 Å². The minimum Gasteiger partial charge on any atom is -0.481 e. The molecule has 2 rings (SSSR count). The van der Waals surface area contributed by atoms with E-state index in [9.17, 15) is 14.7 Å². The second-order valence-corrected chi connectivity index (χ2v) is 5.09. The lowest BCUT2D eigenvalue weighted by Gasteiger charge is -2.33. The number of amides is 2. The van der Waals surface area contributed by atoms with Crippen LogP contribution in [0.2, 0.25) is 0 Å². The zero-order valence-electron chi connectivity index (χ0n) is 12.0. The van der Waals surface area contributed by atoms with Gasteiger partial charge in [0.1, 0.15) is 0 Å². The Labute approximate surface area is 122 Å². The summed E-state index contributed by atoms with van der Waals surface area (Å²) in [4.78, 5) is 23.3. The average molecular weight is 296 g/mol. The predicted molar refractivity (Wildman–Crippen MR) is 75.0 cm³/mol. The first kappa shape index (κ1) is 15.3. The standard InChI is InChI=1S/C13H20N4O4/c1-2-17-8-10(7-15-17)16-12(20)14-9-13(11(18)19)3-5-21-6-4-13/h7-8H,2-6,9H2,1H3,(H,18,19)(H2,14,16,20). The number of ether oxygens (including phenoxy) is 1. The number of aliphatic carboxylic acids is 1. The molecule has 0 atom stereocenters. The molecule has 1 aliphatic heterocycles. The summed E-state index contributed by atoms with van der Waals surface area (Å²) in [6.45, 7) is 3.54. The third-order valence-corrected chi connectivity index (χ3v) is 3.71. The maximum absolute atomic E-state index is 11.8. The molecule has 21 heavy (non-hydrogen) atoms. The van der Waals surface area contributed by atoms with E-state index in [1.807, 2.05) is 6.92 Å². The molecule has 116 valence electrons. The number of nitrogens with zero attached hydrogens (tertiary/aromatic N) is 2. The maximum atomic E-state index is 11.8. The van der Waals surface area contributed by atoms with Crippen LogP contribution in [0.3, 0.4) is 0 Å². The van der Waals surface area contributed by atoms with Gasteiger partial charge < -0.3 is 20.5 Å². The maximum Gasteiger partial charge on any atom is 0.319 e. The van der Waals surface area contributed by atoms with Crippen molar-refractivity contribution in [1.82, 2.24) is 15.1 Å². The highest BCUT2D eigenvalue weighted by Crippen LogP contribution is 2.30. The molecule has 2 amide bonds. The largest absolute Gasteiger partial charge is 0.481 e. The first-order valence-corrected chi connectivity index (χ1v) is 6.94. The van der Waals surface area contributed by atoms with E-state index < -0.39 is 17.4 Å². The van der Waals surface area contributed by atoms with Gasteiger partial charge in [-0.3, -0.25) is 9.48 Å². The van der Waals surface area contributed by atoms with Gasteiger partial charge in [-0.05, 0) is 19.8 Å². The third kappa shape index (κ3) is 3.72. The number of hydrogen-bond donors (Lipinski definition) is 3. The zero-order valence-corrected chi connectivity index (χ0v) is 12.0. The number of hydrogen-bond acceptors (Lipinski definition) is 4. The molecule has 0 aromatic carbocycles. The third-order valence-electron chi connectivity index (χ3n) is 3.71. The van der Waals surface area contributed by atoms with E-state index in [0.29, 0.717) is 38.3 Å². The van der Waals surface area contributed by atoms with Crippen molar-refractivity contribution in [2.24, 2.45) is 5.41 Å². The van der Waals surface area contributed by atoms with Crippen LogP contribution in [-0.4, -0.2) is 46.6 Å². The molecule has 1 aliphatic rings. The summed E-state index contributed by atoms with van der Waals surface area (Å²) in [5, 5.41) is 18.7. The molecule has 1 fully saturated rings. The highest BCUT2D eigenvalue weighted by atomic mass is 16.5. The van der Waals surface area contributed by atoms with E-state index >= 15 is 0 Å². The fraction of sp³-hybridized carbons (Fsp3) is 0.615. The Balaban J connectivity index is 1.88. The Morgan fingerprint density at radius 2 is 2.19 bits per heavy atom. The summed E-state index contributed by atoms with van der Waals surface area (Å²) in [5.74, 6) is -0.898. The van der Waals surface area contributed by atoms with Gasteiger partial charge in [-0.15, -0.1) is 0 Å². The van der Waals surface area contributed by atoms with Crippen molar-refractivity contribution in [1.29, 1.82) is 0 Å². The second kappa shape index (κ2) is 6.57. The number of aryl methyl sites for hydroxylation is 1. The molecule has 1 saturated heterocycles. The highest BCUT2D eigenvalue weighted by Gasteiger charge is 2.40. The topological polar surface area (TPSA) is 105 Å². The van der Waals surface area contributed by atoms with Crippen molar-refractivity contribution < 1.29 is 19.4 Å². The molecular weight excluding hydrogens is 276 g/mol. The van der Waals surface area contributed by atoms with E-state index in [-0.39, 0.29) is 6.54 Å². The number of carbonyl (C=O) groups is 2. The van der Waals surface area contributed by atoms with Crippen LogP contribution in [0, 0.1) is 5.41 Å². The quantitative estimate of drug-likeness (QED) is 0.749. The summed E-state index contributed by atoms with van der Waals surface area (Å²) in [6, 6.07) is -0.433. The van der Waals surface area contributed by atoms with E-state index in [4.69, 9.17) is 4.74 Å². The van der Waals surface area contributed by atoms with Crippen LogP contribution >= 0.6 is 0 Å². The minimum atomic E-state index is -0.941. The summed E-state index contributed by atoms with van der Waals surface area (Å²) in [5.41, 5.74) is -0.367. The fourth-order valence-corrected chi connectivity index (χ4v) is 2.25. The summed E-state index contributed by atoms with van der Waals surface area (Å²) < 4.78 is 6.88. The Kier molecular flexibility index (Phi) is 4.79. The van der Waals surface area contributed by atoms with Gasteiger partial charge in [-0.25, -0.2) is 4.79 Å². The number of carbonyl (C=O) groups excluding carboxylic acids is 1. The monoisotopic (exact) mass is 296 g/mol. The van der Waals surface area contributed by atoms with Gasteiger partial charge in [0, 0.05) is 32.5 Å².